The maximum Gasteiger partial charge on any atom is 0.242 e. The zero-order valence-corrected chi connectivity index (χ0v) is 14.5. The van der Waals surface area contributed by atoms with Gasteiger partial charge >= 0.3 is 0 Å². The predicted octanol–water partition coefficient (Wildman–Crippen LogP) is 1.54. The molecule has 21 heavy (non-hydrogen) atoms. The fourth-order valence-electron chi connectivity index (χ4n) is 1.61. The second-order valence-corrected chi connectivity index (χ2v) is 6.62. The summed E-state index contributed by atoms with van der Waals surface area (Å²) in [6, 6.07) is 3.46. The van der Waals surface area contributed by atoms with Gasteiger partial charge in [0, 0.05) is 16.8 Å². The number of likely N-dealkylation sites (N-methyl/N-ethyl adjacent to an activating group) is 1. The van der Waals surface area contributed by atoms with Gasteiger partial charge in [0.1, 0.15) is 0 Å². The van der Waals surface area contributed by atoms with Crippen LogP contribution in [0.2, 0.25) is 0 Å². The second kappa shape index (κ2) is 9.02. The molecule has 1 aromatic heterocycles. The van der Waals surface area contributed by atoms with E-state index in [-0.39, 0.29) is 36.7 Å². The summed E-state index contributed by atoms with van der Waals surface area (Å²) in [6.07, 6.45) is 0. The lowest BCUT2D eigenvalue weighted by molar-refractivity contribution is -0.132. The summed E-state index contributed by atoms with van der Waals surface area (Å²) in [4.78, 5) is 27.5. The number of rotatable bonds is 6. The molecule has 0 aliphatic heterocycles. The molecular weight excluding hydrogens is 310 g/mol. The van der Waals surface area contributed by atoms with Crippen molar-refractivity contribution in [3.8, 4) is 0 Å². The zero-order valence-electron chi connectivity index (χ0n) is 12.9. The number of carbonyl (C=O) groups excluding carboxylic acids is 2. The highest BCUT2D eigenvalue weighted by molar-refractivity contribution is 7.11. The van der Waals surface area contributed by atoms with Crippen molar-refractivity contribution >= 4 is 35.6 Å². The number of halogens is 1. The van der Waals surface area contributed by atoms with Crippen LogP contribution < -0.4 is 11.1 Å². The molecule has 0 bridgehead atoms. The lowest BCUT2D eigenvalue weighted by Gasteiger charge is -2.19. The Kier molecular flexibility index (Phi) is 8.54. The van der Waals surface area contributed by atoms with Crippen LogP contribution in [0, 0.1) is 12.8 Å². The Bertz CT molecular complexity index is 477. The Balaban J connectivity index is 0.00000400. The maximum atomic E-state index is 11.9. The molecule has 0 unspecified atom stereocenters. The minimum absolute atomic E-state index is 0. The molecule has 0 saturated carbocycles. The van der Waals surface area contributed by atoms with Gasteiger partial charge in [0.2, 0.25) is 11.8 Å². The maximum absolute atomic E-state index is 11.9. The van der Waals surface area contributed by atoms with Gasteiger partial charge in [-0.1, -0.05) is 13.8 Å². The third-order valence-electron chi connectivity index (χ3n) is 3.05. The number of hydrogen-bond acceptors (Lipinski definition) is 4. The smallest absolute Gasteiger partial charge is 0.242 e. The minimum Gasteiger partial charge on any atom is -0.346 e. The summed E-state index contributed by atoms with van der Waals surface area (Å²) in [5.74, 6) is -0.356. The lowest BCUT2D eigenvalue weighted by Crippen LogP contribution is -2.47. The SMILES string of the molecule is Cc1ccc(CN(C)C(=O)CNC(=O)[C@@H](N)C(C)C)s1.Cl. The molecule has 0 aliphatic rings. The normalized spacial score (nSPS) is 11.7. The van der Waals surface area contributed by atoms with E-state index >= 15 is 0 Å². The molecular formula is C14H24ClN3O2S. The van der Waals surface area contributed by atoms with Crippen molar-refractivity contribution in [2.75, 3.05) is 13.6 Å². The Hall–Kier alpha value is -1.11. The Labute approximate surface area is 136 Å². The highest BCUT2D eigenvalue weighted by Crippen LogP contribution is 2.16. The molecule has 1 aromatic rings. The van der Waals surface area contributed by atoms with Crippen LogP contribution in [0.15, 0.2) is 12.1 Å². The topological polar surface area (TPSA) is 75.4 Å². The average molecular weight is 334 g/mol. The molecule has 0 fully saturated rings. The monoisotopic (exact) mass is 333 g/mol. The van der Waals surface area contributed by atoms with Gasteiger partial charge in [-0.2, -0.15) is 0 Å². The quantitative estimate of drug-likeness (QED) is 0.829. The fourth-order valence-corrected chi connectivity index (χ4v) is 2.55. The highest BCUT2D eigenvalue weighted by Gasteiger charge is 2.18. The molecule has 1 atom stereocenters. The Morgan fingerprint density at radius 3 is 2.48 bits per heavy atom. The minimum atomic E-state index is -0.576. The van der Waals surface area contributed by atoms with Crippen LogP contribution in [-0.2, 0) is 16.1 Å². The molecule has 0 aromatic carbocycles. The van der Waals surface area contributed by atoms with E-state index in [2.05, 4.69) is 5.32 Å². The van der Waals surface area contributed by atoms with Crippen LogP contribution in [0.5, 0.6) is 0 Å². The molecule has 5 nitrogen and oxygen atoms in total. The van der Waals surface area contributed by atoms with Gasteiger partial charge in [0.15, 0.2) is 0 Å². The summed E-state index contributed by atoms with van der Waals surface area (Å²) >= 11 is 1.67. The number of carbonyl (C=O) groups is 2. The van der Waals surface area contributed by atoms with E-state index in [1.165, 1.54) is 4.88 Å². The van der Waals surface area contributed by atoms with E-state index in [1.807, 2.05) is 32.9 Å². The summed E-state index contributed by atoms with van der Waals surface area (Å²) in [5.41, 5.74) is 5.71. The molecule has 120 valence electrons. The van der Waals surface area contributed by atoms with E-state index in [1.54, 1.807) is 23.3 Å². The van der Waals surface area contributed by atoms with Gasteiger partial charge in [-0.25, -0.2) is 0 Å². The first-order valence-corrected chi connectivity index (χ1v) is 7.45. The highest BCUT2D eigenvalue weighted by atomic mass is 35.5. The summed E-state index contributed by atoms with van der Waals surface area (Å²) in [7, 11) is 1.73. The summed E-state index contributed by atoms with van der Waals surface area (Å²) in [5, 5.41) is 2.58. The van der Waals surface area contributed by atoms with Crippen molar-refractivity contribution in [3.63, 3.8) is 0 Å². The number of aryl methyl sites for hydroxylation is 1. The van der Waals surface area contributed by atoms with Crippen LogP contribution >= 0.6 is 23.7 Å². The first kappa shape index (κ1) is 19.9. The van der Waals surface area contributed by atoms with Gasteiger partial charge in [-0.05, 0) is 25.0 Å². The molecule has 0 spiro atoms. The lowest BCUT2D eigenvalue weighted by atomic mass is 10.1. The van der Waals surface area contributed by atoms with Crippen molar-refractivity contribution in [2.45, 2.75) is 33.4 Å². The standard InChI is InChI=1S/C14H23N3O2S.ClH/c1-9(2)13(15)14(19)16-7-12(18)17(4)8-11-6-5-10(3)20-11;/h5-6,9,13H,7-8,15H2,1-4H3,(H,16,19);1H/t13-;/m0./s1. The predicted molar refractivity (Wildman–Crippen MR) is 88.6 cm³/mol. The van der Waals surface area contributed by atoms with Crippen molar-refractivity contribution in [3.05, 3.63) is 21.9 Å². The molecule has 7 heteroatoms. The molecule has 0 aliphatic carbocycles. The number of amides is 2. The van der Waals surface area contributed by atoms with Gasteiger partial charge < -0.3 is 16.0 Å². The molecule has 0 radical (unpaired) electrons. The van der Waals surface area contributed by atoms with Crippen LogP contribution in [0.25, 0.3) is 0 Å². The van der Waals surface area contributed by atoms with Gasteiger partial charge in [-0.15, -0.1) is 23.7 Å². The average Bonchev–Trinajstić information content (AvgIpc) is 2.79. The summed E-state index contributed by atoms with van der Waals surface area (Å²) in [6.45, 7) is 6.32. The van der Waals surface area contributed by atoms with E-state index in [0.29, 0.717) is 6.54 Å². The fraction of sp³-hybridized carbons (Fsp3) is 0.571. The third kappa shape index (κ3) is 6.46. The van der Waals surface area contributed by atoms with Gasteiger partial charge in [0.25, 0.3) is 0 Å². The number of nitrogens with one attached hydrogen (secondary N) is 1. The first-order chi connectivity index (χ1) is 9.31. The van der Waals surface area contributed by atoms with E-state index in [9.17, 15) is 9.59 Å². The molecule has 1 heterocycles. The van der Waals surface area contributed by atoms with E-state index < -0.39 is 6.04 Å². The largest absolute Gasteiger partial charge is 0.346 e. The Morgan fingerprint density at radius 2 is 2.00 bits per heavy atom. The van der Waals surface area contributed by atoms with Crippen LogP contribution in [0.3, 0.4) is 0 Å². The van der Waals surface area contributed by atoms with Gasteiger partial charge in [0.05, 0.1) is 19.1 Å². The number of nitrogens with zero attached hydrogens (tertiary/aromatic N) is 1. The van der Waals surface area contributed by atoms with E-state index in [4.69, 9.17) is 5.73 Å². The third-order valence-corrected chi connectivity index (χ3v) is 4.04. The summed E-state index contributed by atoms with van der Waals surface area (Å²) < 4.78 is 0. The first-order valence-electron chi connectivity index (χ1n) is 6.63. The molecule has 3 N–H and O–H groups in total. The van der Waals surface area contributed by atoms with Gasteiger partial charge in [-0.3, -0.25) is 9.59 Å². The van der Waals surface area contributed by atoms with Crippen molar-refractivity contribution < 1.29 is 9.59 Å². The van der Waals surface area contributed by atoms with Crippen molar-refractivity contribution in [1.82, 2.24) is 10.2 Å². The second-order valence-electron chi connectivity index (χ2n) is 5.25. The molecule has 1 rings (SSSR count). The van der Waals surface area contributed by atoms with E-state index in [0.717, 1.165) is 4.88 Å². The van der Waals surface area contributed by atoms with Crippen molar-refractivity contribution in [1.29, 1.82) is 0 Å². The van der Waals surface area contributed by atoms with Crippen LogP contribution in [0.4, 0.5) is 0 Å². The van der Waals surface area contributed by atoms with Crippen LogP contribution in [-0.4, -0.2) is 36.3 Å². The van der Waals surface area contributed by atoms with Crippen LogP contribution in [0.1, 0.15) is 23.6 Å². The number of nitrogens with two attached hydrogens (primary N) is 1. The molecule has 0 saturated heterocycles. The molecule has 2 amide bonds. The zero-order chi connectivity index (χ0) is 15.3. The number of hydrogen-bond donors (Lipinski definition) is 2. The van der Waals surface area contributed by atoms with Crippen molar-refractivity contribution in [2.24, 2.45) is 11.7 Å². The Morgan fingerprint density at radius 1 is 1.38 bits per heavy atom. The number of thiophene rings is 1.